The highest BCUT2D eigenvalue weighted by molar-refractivity contribution is 5.97. The summed E-state index contributed by atoms with van der Waals surface area (Å²) in [6.45, 7) is 0. The molecular formula is C14H16FNO3. The number of carbonyl (C=O) groups excluding carboxylic acids is 1. The Balaban J connectivity index is 2.20. The van der Waals surface area contributed by atoms with Gasteiger partial charge in [-0.25, -0.2) is 4.39 Å². The van der Waals surface area contributed by atoms with Crippen LogP contribution in [0, 0.1) is 17.7 Å². The molecule has 0 aliphatic heterocycles. The topological polar surface area (TPSA) is 57.6 Å². The fraction of sp³-hybridized carbons (Fsp3) is 0.429. The Kier molecular flexibility index (Phi) is 3.83. The molecule has 1 aliphatic rings. The lowest BCUT2D eigenvalue weighted by Gasteiger charge is -2.23. The number of anilines is 1. The van der Waals surface area contributed by atoms with Gasteiger partial charge in [-0.2, -0.15) is 0 Å². The number of para-hydroxylation sites is 1. The highest BCUT2D eigenvalue weighted by atomic mass is 19.1. The number of hydrogen-bond acceptors (Lipinski definition) is 2. The van der Waals surface area contributed by atoms with Crippen molar-refractivity contribution in [2.75, 3.05) is 11.9 Å². The van der Waals surface area contributed by atoms with Crippen molar-refractivity contribution < 1.29 is 19.1 Å². The SMILES string of the molecule is CN(C(=O)[C@@H]1CCC[C@@H]1C(=O)O)c1ccccc1F. The lowest BCUT2D eigenvalue weighted by atomic mass is 9.94. The highest BCUT2D eigenvalue weighted by Crippen LogP contribution is 2.34. The molecule has 0 aromatic heterocycles. The van der Waals surface area contributed by atoms with Gasteiger partial charge in [0.2, 0.25) is 5.91 Å². The van der Waals surface area contributed by atoms with Gasteiger partial charge in [-0.05, 0) is 25.0 Å². The number of hydrogen-bond donors (Lipinski definition) is 1. The molecule has 2 atom stereocenters. The largest absolute Gasteiger partial charge is 0.481 e. The van der Waals surface area contributed by atoms with Crippen molar-refractivity contribution >= 4 is 17.6 Å². The Morgan fingerprint density at radius 2 is 1.89 bits per heavy atom. The van der Waals surface area contributed by atoms with Gasteiger partial charge in [0, 0.05) is 7.05 Å². The quantitative estimate of drug-likeness (QED) is 0.912. The zero-order valence-electron chi connectivity index (χ0n) is 10.7. The average molecular weight is 265 g/mol. The summed E-state index contributed by atoms with van der Waals surface area (Å²) in [6.07, 6.45) is 1.78. The van der Waals surface area contributed by atoms with E-state index in [9.17, 15) is 14.0 Å². The number of carboxylic acids is 1. The Morgan fingerprint density at radius 3 is 2.53 bits per heavy atom. The fourth-order valence-electron chi connectivity index (χ4n) is 2.64. The normalized spacial score (nSPS) is 22.2. The molecule has 1 aromatic rings. The first-order valence-electron chi connectivity index (χ1n) is 6.27. The number of amides is 1. The second kappa shape index (κ2) is 5.38. The summed E-state index contributed by atoms with van der Waals surface area (Å²) in [5.74, 6) is -2.96. The molecule has 19 heavy (non-hydrogen) atoms. The molecule has 2 rings (SSSR count). The van der Waals surface area contributed by atoms with Gasteiger partial charge < -0.3 is 10.0 Å². The minimum absolute atomic E-state index is 0.184. The van der Waals surface area contributed by atoms with Gasteiger partial charge in [0.05, 0.1) is 17.5 Å². The number of nitrogens with zero attached hydrogens (tertiary/aromatic N) is 1. The second-order valence-corrected chi connectivity index (χ2v) is 4.83. The molecule has 0 bridgehead atoms. The minimum Gasteiger partial charge on any atom is -0.481 e. The van der Waals surface area contributed by atoms with Crippen molar-refractivity contribution in [3.63, 3.8) is 0 Å². The van der Waals surface area contributed by atoms with Crippen LogP contribution < -0.4 is 4.90 Å². The van der Waals surface area contributed by atoms with E-state index in [0.29, 0.717) is 12.8 Å². The van der Waals surface area contributed by atoms with Crippen LogP contribution in [0.4, 0.5) is 10.1 Å². The standard InChI is InChI=1S/C14H16FNO3/c1-16(12-8-3-2-7-11(12)15)13(17)9-5-4-6-10(9)14(18)19/h2-3,7-10H,4-6H2,1H3,(H,18,19)/t9-,10+/m1/s1. The molecule has 1 saturated carbocycles. The zero-order valence-corrected chi connectivity index (χ0v) is 10.7. The van der Waals surface area contributed by atoms with Gasteiger partial charge in [0.15, 0.2) is 0 Å². The molecule has 0 saturated heterocycles. The van der Waals surface area contributed by atoms with Crippen LogP contribution in [-0.2, 0) is 9.59 Å². The summed E-state index contributed by atoms with van der Waals surface area (Å²) < 4.78 is 13.6. The van der Waals surface area contributed by atoms with Gasteiger partial charge in [-0.1, -0.05) is 18.6 Å². The van der Waals surface area contributed by atoms with Crippen LogP contribution in [0.5, 0.6) is 0 Å². The number of carbonyl (C=O) groups is 2. The van der Waals surface area contributed by atoms with E-state index in [1.54, 1.807) is 12.1 Å². The summed E-state index contributed by atoms with van der Waals surface area (Å²) in [7, 11) is 1.48. The molecule has 0 heterocycles. The molecule has 1 N–H and O–H groups in total. The molecule has 1 aliphatic carbocycles. The highest BCUT2D eigenvalue weighted by Gasteiger charge is 2.39. The third-order valence-corrected chi connectivity index (χ3v) is 3.69. The number of benzene rings is 1. The molecule has 0 unspecified atom stereocenters. The summed E-state index contributed by atoms with van der Waals surface area (Å²) in [6, 6.07) is 5.98. The monoisotopic (exact) mass is 265 g/mol. The molecule has 1 fully saturated rings. The number of rotatable bonds is 3. The third kappa shape index (κ3) is 2.59. The van der Waals surface area contributed by atoms with Gasteiger partial charge in [0.25, 0.3) is 0 Å². The van der Waals surface area contributed by atoms with Crippen LogP contribution in [0.2, 0.25) is 0 Å². The first-order valence-corrected chi connectivity index (χ1v) is 6.27. The maximum Gasteiger partial charge on any atom is 0.307 e. The van der Waals surface area contributed by atoms with E-state index in [2.05, 4.69) is 0 Å². The molecule has 102 valence electrons. The van der Waals surface area contributed by atoms with Gasteiger partial charge >= 0.3 is 5.97 Å². The van der Waals surface area contributed by atoms with E-state index in [4.69, 9.17) is 5.11 Å². The van der Waals surface area contributed by atoms with E-state index < -0.39 is 23.6 Å². The van der Waals surface area contributed by atoms with Crippen LogP contribution in [0.1, 0.15) is 19.3 Å². The van der Waals surface area contributed by atoms with Crippen molar-refractivity contribution in [2.24, 2.45) is 11.8 Å². The van der Waals surface area contributed by atoms with E-state index in [-0.39, 0.29) is 11.6 Å². The smallest absolute Gasteiger partial charge is 0.307 e. The lowest BCUT2D eigenvalue weighted by Crippen LogP contribution is -2.37. The molecule has 0 radical (unpaired) electrons. The van der Waals surface area contributed by atoms with Crippen LogP contribution >= 0.6 is 0 Å². The predicted molar refractivity (Wildman–Crippen MR) is 68.3 cm³/mol. The number of halogens is 1. The number of aliphatic carboxylic acids is 1. The average Bonchev–Trinajstić information content (AvgIpc) is 2.87. The number of carboxylic acid groups (broad SMARTS) is 1. The van der Waals surface area contributed by atoms with Crippen molar-refractivity contribution in [1.82, 2.24) is 0 Å². The predicted octanol–water partition coefficient (Wildman–Crippen LogP) is 2.29. The van der Waals surface area contributed by atoms with E-state index in [1.807, 2.05) is 0 Å². The molecule has 1 aromatic carbocycles. The third-order valence-electron chi connectivity index (χ3n) is 3.69. The molecular weight excluding hydrogens is 249 g/mol. The maximum atomic E-state index is 13.6. The van der Waals surface area contributed by atoms with E-state index in [1.165, 1.54) is 24.1 Å². The van der Waals surface area contributed by atoms with Crippen molar-refractivity contribution in [1.29, 1.82) is 0 Å². The Morgan fingerprint density at radius 1 is 1.26 bits per heavy atom. The van der Waals surface area contributed by atoms with Crippen LogP contribution in [0.25, 0.3) is 0 Å². The first-order chi connectivity index (χ1) is 9.02. The van der Waals surface area contributed by atoms with Gasteiger partial charge in [-0.3, -0.25) is 9.59 Å². The van der Waals surface area contributed by atoms with Crippen LogP contribution in [0.3, 0.4) is 0 Å². The molecule has 4 nitrogen and oxygen atoms in total. The lowest BCUT2D eigenvalue weighted by molar-refractivity contribution is -0.145. The van der Waals surface area contributed by atoms with Crippen LogP contribution in [-0.4, -0.2) is 24.0 Å². The molecule has 0 spiro atoms. The summed E-state index contributed by atoms with van der Waals surface area (Å²) >= 11 is 0. The molecule has 5 heteroatoms. The Bertz CT molecular complexity index is 503. The van der Waals surface area contributed by atoms with Gasteiger partial charge in [0.1, 0.15) is 5.82 Å². The van der Waals surface area contributed by atoms with Crippen molar-refractivity contribution in [3.8, 4) is 0 Å². The molecule has 1 amide bonds. The zero-order chi connectivity index (χ0) is 14.0. The van der Waals surface area contributed by atoms with E-state index >= 15 is 0 Å². The fourth-order valence-corrected chi connectivity index (χ4v) is 2.64. The first kappa shape index (κ1) is 13.5. The van der Waals surface area contributed by atoms with Crippen molar-refractivity contribution in [2.45, 2.75) is 19.3 Å². The maximum absolute atomic E-state index is 13.6. The second-order valence-electron chi connectivity index (χ2n) is 4.83. The summed E-state index contributed by atoms with van der Waals surface area (Å²) in [4.78, 5) is 24.6. The van der Waals surface area contributed by atoms with Crippen molar-refractivity contribution in [3.05, 3.63) is 30.1 Å². The van der Waals surface area contributed by atoms with Gasteiger partial charge in [-0.15, -0.1) is 0 Å². The Labute approximate surface area is 110 Å². The van der Waals surface area contributed by atoms with E-state index in [0.717, 1.165) is 6.42 Å². The van der Waals surface area contributed by atoms with Crippen LogP contribution in [0.15, 0.2) is 24.3 Å². The Hall–Kier alpha value is -1.91. The summed E-state index contributed by atoms with van der Waals surface area (Å²) in [5.41, 5.74) is 0.184. The minimum atomic E-state index is -0.946. The summed E-state index contributed by atoms with van der Waals surface area (Å²) in [5, 5.41) is 9.09.